The van der Waals surface area contributed by atoms with Crippen molar-refractivity contribution in [3.63, 3.8) is 0 Å². The first-order valence-corrected chi connectivity index (χ1v) is 7.37. The summed E-state index contributed by atoms with van der Waals surface area (Å²) in [6.45, 7) is 3.79. The fourth-order valence-corrected chi connectivity index (χ4v) is 2.18. The van der Waals surface area contributed by atoms with E-state index >= 15 is 0 Å². The molecule has 19 heavy (non-hydrogen) atoms. The maximum Gasteiger partial charge on any atom is 0.239 e. The zero-order valence-electron chi connectivity index (χ0n) is 11.5. The van der Waals surface area contributed by atoms with Crippen molar-refractivity contribution in [2.75, 3.05) is 26.7 Å². The fourth-order valence-electron chi connectivity index (χ4n) is 1.47. The van der Waals surface area contributed by atoms with Crippen LogP contribution in [0.4, 0.5) is 0 Å². The van der Waals surface area contributed by atoms with E-state index in [0.29, 0.717) is 12.5 Å². The molecule has 1 aromatic rings. The van der Waals surface area contributed by atoms with Crippen LogP contribution < -0.4 is 16.0 Å². The van der Waals surface area contributed by atoms with E-state index in [-0.39, 0.29) is 12.5 Å². The topological polar surface area (TPSA) is 65.5 Å². The van der Waals surface area contributed by atoms with Gasteiger partial charge in [0.15, 0.2) is 5.96 Å². The molecule has 0 atom stereocenters. The van der Waals surface area contributed by atoms with Crippen molar-refractivity contribution >= 4 is 23.2 Å². The van der Waals surface area contributed by atoms with Gasteiger partial charge in [-0.1, -0.05) is 13.0 Å². The molecule has 0 unspecified atom stereocenters. The maximum atomic E-state index is 11.4. The van der Waals surface area contributed by atoms with Crippen molar-refractivity contribution in [2.45, 2.75) is 19.8 Å². The maximum absolute atomic E-state index is 11.4. The fraction of sp³-hybridized carbons (Fsp3) is 0.538. The zero-order valence-corrected chi connectivity index (χ0v) is 12.3. The van der Waals surface area contributed by atoms with Crippen LogP contribution in [0.1, 0.15) is 18.2 Å². The van der Waals surface area contributed by atoms with Crippen molar-refractivity contribution in [3.05, 3.63) is 22.4 Å². The van der Waals surface area contributed by atoms with Gasteiger partial charge in [-0.3, -0.25) is 9.79 Å². The van der Waals surface area contributed by atoms with Gasteiger partial charge in [0.2, 0.25) is 5.91 Å². The molecule has 0 aliphatic rings. The van der Waals surface area contributed by atoms with Crippen molar-refractivity contribution in [3.8, 4) is 0 Å². The van der Waals surface area contributed by atoms with E-state index in [0.717, 1.165) is 19.4 Å². The second-order valence-corrected chi connectivity index (χ2v) is 5.06. The lowest BCUT2D eigenvalue weighted by Crippen LogP contribution is -2.43. The van der Waals surface area contributed by atoms with Crippen molar-refractivity contribution in [1.82, 2.24) is 16.0 Å². The predicted octanol–water partition coefficient (Wildman–Crippen LogP) is 0.982. The largest absolute Gasteiger partial charge is 0.356 e. The van der Waals surface area contributed by atoms with Gasteiger partial charge in [-0.15, -0.1) is 11.3 Å². The van der Waals surface area contributed by atoms with Crippen LogP contribution in [-0.4, -0.2) is 38.5 Å². The molecule has 6 heteroatoms. The molecule has 0 saturated carbocycles. The number of hydrogen-bond donors (Lipinski definition) is 3. The van der Waals surface area contributed by atoms with E-state index in [9.17, 15) is 4.79 Å². The van der Waals surface area contributed by atoms with Gasteiger partial charge in [0.05, 0.1) is 6.54 Å². The predicted molar refractivity (Wildman–Crippen MR) is 80.7 cm³/mol. The van der Waals surface area contributed by atoms with Crippen LogP contribution in [-0.2, 0) is 11.2 Å². The number of hydrogen-bond acceptors (Lipinski definition) is 3. The van der Waals surface area contributed by atoms with Crippen LogP contribution in [0.25, 0.3) is 0 Å². The summed E-state index contributed by atoms with van der Waals surface area (Å²) in [6, 6.07) is 4.16. The Kier molecular flexibility index (Phi) is 7.65. The highest BCUT2D eigenvalue weighted by Crippen LogP contribution is 2.07. The molecule has 0 aromatic carbocycles. The summed E-state index contributed by atoms with van der Waals surface area (Å²) in [5, 5.41) is 11.1. The molecule has 0 saturated heterocycles. The number of nitrogens with one attached hydrogen (secondary N) is 3. The third-order valence-electron chi connectivity index (χ3n) is 2.46. The summed E-state index contributed by atoms with van der Waals surface area (Å²) in [5.74, 6) is 0.645. The van der Waals surface area contributed by atoms with Crippen LogP contribution in [0, 0.1) is 0 Å². The zero-order chi connectivity index (χ0) is 13.9. The molecule has 0 aliphatic heterocycles. The molecule has 1 aromatic heterocycles. The van der Waals surface area contributed by atoms with E-state index in [1.54, 1.807) is 18.4 Å². The van der Waals surface area contributed by atoms with Crippen LogP contribution >= 0.6 is 11.3 Å². The molecule has 106 valence electrons. The van der Waals surface area contributed by atoms with Crippen LogP contribution in [0.15, 0.2) is 22.5 Å². The third-order valence-corrected chi connectivity index (χ3v) is 3.39. The molecule has 5 nitrogen and oxygen atoms in total. The summed E-state index contributed by atoms with van der Waals surface area (Å²) < 4.78 is 0. The molecular formula is C13H22N4OS. The highest BCUT2D eigenvalue weighted by Gasteiger charge is 2.02. The number of aliphatic imine (C=N–C) groups is 1. The molecule has 1 heterocycles. The normalized spacial score (nSPS) is 11.2. The smallest absolute Gasteiger partial charge is 0.239 e. The first-order chi connectivity index (χ1) is 9.26. The molecule has 0 spiro atoms. The average Bonchev–Trinajstić information content (AvgIpc) is 2.93. The van der Waals surface area contributed by atoms with Gasteiger partial charge in [-0.2, -0.15) is 0 Å². The van der Waals surface area contributed by atoms with Crippen molar-refractivity contribution < 1.29 is 4.79 Å². The Morgan fingerprint density at radius 3 is 2.79 bits per heavy atom. The highest BCUT2D eigenvalue weighted by molar-refractivity contribution is 7.09. The summed E-state index contributed by atoms with van der Waals surface area (Å²) in [7, 11) is 1.70. The lowest BCUT2D eigenvalue weighted by atomic mass is 10.3. The van der Waals surface area contributed by atoms with Gasteiger partial charge in [0, 0.05) is 25.0 Å². The third kappa shape index (κ3) is 6.81. The van der Waals surface area contributed by atoms with Gasteiger partial charge < -0.3 is 16.0 Å². The SMILES string of the molecule is CCCNC(=O)CNC(=NC)NCCc1cccs1. The van der Waals surface area contributed by atoms with E-state index < -0.39 is 0 Å². The Morgan fingerprint density at radius 2 is 2.16 bits per heavy atom. The Morgan fingerprint density at radius 1 is 1.32 bits per heavy atom. The summed E-state index contributed by atoms with van der Waals surface area (Å²) >= 11 is 1.75. The lowest BCUT2D eigenvalue weighted by molar-refractivity contribution is -0.120. The monoisotopic (exact) mass is 282 g/mol. The lowest BCUT2D eigenvalue weighted by Gasteiger charge is -2.11. The van der Waals surface area contributed by atoms with Gasteiger partial charge in [0.1, 0.15) is 0 Å². The van der Waals surface area contributed by atoms with Gasteiger partial charge in [0.25, 0.3) is 0 Å². The number of thiophene rings is 1. The van der Waals surface area contributed by atoms with E-state index in [4.69, 9.17) is 0 Å². The van der Waals surface area contributed by atoms with E-state index in [2.05, 4.69) is 32.4 Å². The number of guanidine groups is 1. The highest BCUT2D eigenvalue weighted by atomic mass is 32.1. The number of nitrogens with zero attached hydrogens (tertiary/aromatic N) is 1. The summed E-state index contributed by atoms with van der Waals surface area (Å²) in [5.41, 5.74) is 0. The Hall–Kier alpha value is -1.56. The van der Waals surface area contributed by atoms with Gasteiger partial charge in [-0.25, -0.2) is 0 Å². The summed E-state index contributed by atoms with van der Waals surface area (Å²) in [6.07, 6.45) is 1.90. The number of rotatable bonds is 7. The van der Waals surface area contributed by atoms with Crippen LogP contribution in [0.2, 0.25) is 0 Å². The molecular weight excluding hydrogens is 260 g/mol. The molecule has 0 aliphatic carbocycles. The standard InChI is InChI=1S/C13H22N4OS/c1-3-7-15-12(18)10-17-13(14-2)16-8-6-11-5-4-9-19-11/h4-5,9H,3,6-8,10H2,1-2H3,(H,15,18)(H2,14,16,17). The second-order valence-electron chi connectivity index (χ2n) is 4.03. The molecule has 0 fully saturated rings. The number of carbonyl (C=O) groups excluding carboxylic acids is 1. The Balaban J connectivity index is 2.17. The number of amides is 1. The minimum absolute atomic E-state index is 0.0111. The molecule has 1 rings (SSSR count). The van der Waals surface area contributed by atoms with Crippen molar-refractivity contribution in [1.29, 1.82) is 0 Å². The Bertz CT molecular complexity index is 389. The van der Waals surface area contributed by atoms with E-state index in [1.807, 2.05) is 13.0 Å². The van der Waals surface area contributed by atoms with Crippen LogP contribution in [0.5, 0.6) is 0 Å². The molecule has 1 amide bonds. The van der Waals surface area contributed by atoms with E-state index in [1.165, 1.54) is 4.88 Å². The van der Waals surface area contributed by atoms with Gasteiger partial charge >= 0.3 is 0 Å². The van der Waals surface area contributed by atoms with Gasteiger partial charge in [-0.05, 0) is 24.3 Å². The summed E-state index contributed by atoms with van der Waals surface area (Å²) in [4.78, 5) is 16.8. The minimum atomic E-state index is -0.0111. The Labute approximate surface area is 118 Å². The van der Waals surface area contributed by atoms with Crippen molar-refractivity contribution in [2.24, 2.45) is 4.99 Å². The molecule has 3 N–H and O–H groups in total. The first-order valence-electron chi connectivity index (χ1n) is 6.49. The second kappa shape index (κ2) is 9.38. The van der Waals surface area contributed by atoms with Crippen LogP contribution in [0.3, 0.4) is 0 Å². The number of carbonyl (C=O) groups is 1. The molecule has 0 radical (unpaired) electrons. The first kappa shape index (κ1) is 15.5. The quantitative estimate of drug-likeness (QED) is 0.516. The minimum Gasteiger partial charge on any atom is -0.356 e. The average molecular weight is 282 g/mol. The molecule has 0 bridgehead atoms.